The molecule has 1 aliphatic heterocycles. The number of pyridine rings is 1. The largest absolute Gasteiger partial charge is 0.449 e. The molecule has 0 unspecified atom stereocenters. The van der Waals surface area contributed by atoms with Crippen molar-refractivity contribution in [1.29, 1.82) is 0 Å². The molecule has 0 bridgehead atoms. The summed E-state index contributed by atoms with van der Waals surface area (Å²) < 4.78 is 9.39. The van der Waals surface area contributed by atoms with Crippen LogP contribution in [0.3, 0.4) is 0 Å². The van der Waals surface area contributed by atoms with Crippen LogP contribution in [0.2, 0.25) is 0 Å². The summed E-state index contributed by atoms with van der Waals surface area (Å²) in [6.45, 7) is 24.3. The van der Waals surface area contributed by atoms with Gasteiger partial charge in [0.05, 0.1) is 16.5 Å². The highest BCUT2D eigenvalue weighted by Gasteiger charge is 2.37. The molecule has 0 N–H and O–H groups in total. The third-order valence-electron chi connectivity index (χ3n) is 8.48. The zero-order chi connectivity index (χ0) is 31.2. The zero-order valence-corrected chi connectivity index (χ0v) is 27.9. The molecule has 3 aromatic carbocycles. The lowest BCUT2D eigenvalue weighted by molar-refractivity contribution is -0.633. The third kappa shape index (κ3) is 4.97. The average molecular weight is 574 g/mol. The molecule has 5 nitrogen and oxygen atoms in total. The Morgan fingerprint density at radius 1 is 0.767 bits per heavy atom. The number of para-hydroxylation sites is 1. The van der Waals surface area contributed by atoms with Crippen molar-refractivity contribution < 1.29 is 9.30 Å². The Bertz CT molecular complexity index is 1920. The molecule has 43 heavy (non-hydrogen) atoms. The standard InChI is InChI=1S/C38H45N4O/c1-21-17-24-18-23(20-36(3,4)5)19-27-29(24)28(22(21)2)31-32(43-27)30(25-15-13-14-16-26(25)42(31)12)33-39-34(37(6,7)8)41-35(40-33)38(9,10)11/h13-19H,20H2,1-12H3/q+1. The van der Waals surface area contributed by atoms with Gasteiger partial charge in [-0.05, 0) is 59.9 Å². The number of aryl methyl sites for hydroxylation is 2. The van der Waals surface area contributed by atoms with Gasteiger partial charge in [-0.15, -0.1) is 0 Å². The van der Waals surface area contributed by atoms with Crippen molar-refractivity contribution in [3.63, 3.8) is 0 Å². The van der Waals surface area contributed by atoms with Gasteiger partial charge in [0.1, 0.15) is 24.4 Å². The maximum Gasteiger partial charge on any atom is 0.257 e. The highest BCUT2D eigenvalue weighted by Crippen LogP contribution is 2.52. The minimum atomic E-state index is -0.248. The normalized spacial score (nSPS) is 13.4. The first-order chi connectivity index (χ1) is 19.9. The summed E-state index contributed by atoms with van der Waals surface area (Å²) in [6, 6.07) is 15.5. The second kappa shape index (κ2) is 9.57. The zero-order valence-electron chi connectivity index (χ0n) is 27.9. The lowest BCUT2D eigenvalue weighted by atomic mass is 9.84. The second-order valence-corrected chi connectivity index (χ2v) is 15.7. The number of benzene rings is 3. The summed E-state index contributed by atoms with van der Waals surface area (Å²) in [5.41, 5.74) is 7.79. The van der Waals surface area contributed by atoms with Crippen LogP contribution >= 0.6 is 0 Å². The Morgan fingerprint density at radius 2 is 1.40 bits per heavy atom. The van der Waals surface area contributed by atoms with Gasteiger partial charge < -0.3 is 4.74 Å². The van der Waals surface area contributed by atoms with Gasteiger partial charge in [0.15, 0.2) is 5.82 Å². The van der Waals surface area contributed by atoms with Crippen LogP contribution in [0.25, 0.3) is 44.3 Å². The fraction of sp³-hybridized carbons (Fsp3) is 0.421. The molecule has 5 heteroatoms. The van der Waals surface area contributed by atoms with Crippen LogP contribution in [0.15, 0.2) is 42.5 Å². The van der Waals surface area contributed by atoms with E-state index >= 15 is 0 Å². The Morgan fingerprint density at radius 3 is 2.00 bits per heavy atom. The van der Waals surface area contributed by atoms with Crippen LogP contribution in [0.1, 0.15) is 90.7 Å². The number of fused-ring (bicyclic) bond motifs is 3. The van der Waals surface area contributed by atoms with Crippen LogP contribution in [-0.2, 0) is 24.3 Å². The van der Waals surface area contributed by atoms with Gasteiger partial charge in [0, 0.05) is 22.3 Å². The van der Waals surface area contributed by atoms with Gasteiger partial charge in [-0.2, -0.15) is 4.57 Å². The molecular formula is C38H45N4O+. The fourth-order valence-electron chi connectivity index (χ4n) is 6.26. The summed E-state index contributed by atoms with van der Waals surface area (Å²) >= 11 is 0. The minimum absolute atomic E-state index is 0.154. The van der Waals surface area contributed by atoms with Gasteiger partial charge in [-0.25, -0.2) is 15.0 Å². The molecule has 6 rings (SSSR count). The Kier molecular flexibility index (Phi) is 6.50. The topological polar surface area (TPSA) is 51.8 Å². The number of hydrogen-bond acceptors (Lipinski definition) is 4. The molecule has 0 aliphatic carbocycles. The van der Waals surface area contributed by atoms with Crippen molar-refractivity contribution in [2.24, 2.45) is 12.5 Å². The van der Waals surface area contributed by atoms with Crippen molar-refractivity contribution in [3.8, 4) is 34.1 Å². The lowest BCUT2D eigenvalue weighted by Gasteiger charge is -2.27. The van der Waals surface area contributed by atoms with Gasteiger partial charge in [-0.3, -0.25) is 0 Å². The maximum atomic E-state index is 7.10. The first-order valence-corrected chi connectivity index (χ1v) is 15.4. The molecule has 5 aromatic rings. The van der Waals surface area contributed by atoms with E-state index < -0.39 is 0 Å². The van der Waals surface area contributed by atoms with E-state index in [1.807, 2.05) is 0 Å². The van der Waals surface area contributed by atoms with E-state index in [-0.39, 0.29) is 16.2 Å². The van der Waals surface area contributed by atoms with Crippen LogP contribution in [0.5, 0.6) is 11.5 Å². The summed E-state index contributed by atoms with van der Waals surface area (Å²) in [6.07, 6.45) is 0.962. The molecule has 0 saturated heterocycles. The SMILES string of the molecule is Cc1cc2cc(CC(C)(C)C)cc3c2c(c1C)-c1c(c(-c2nc(C(C)(C)C)nc(C(C)(C)C)n2)c2ccccc2[n+]1C)O3. The highest BCUT2D eigenvalue weighted by atomic mass is 16.5. The molecule has 222 valence electrons. The molecular weight excluding hydrogens is 528 g/mol. The maximum absolute atomic E-state index is 7.10. The molecule has 0 atom stereocenters. The molecule has 1 aliphatic rings. The number of ether oxygens (including phenoxy) is 1. The van der Waals surface area contributed by atoms with Crippen molar-refractivity contribution in [2.45, 2.75) is 93.4 Å². The fourth-order valence-corrected chi connectivity index (χ4v) is 6.26. The van der Waals surface area contributed by atoms with Crippen molar-refractivity contribution in [2.75, 3.05) is 0 Å². The summed E-state index contributed by atoms with van der Waals surface area (Å²) in [4.78, 5) is 15.3. The van der Waals surface area contributed by atoms with E-state index in [1.54, 1.807) is 0 Å². The van der Waals surface area contributed by atoms with Gasteiger partial charge in [-0.1, -0.05) is 86.6 Å². The number of nitrogens with zero attached hydrogens (tertiary/aromatic N) is 4. The molecule has 0 fully saturated rings. The first-order valence-electron chi connectivity index (χ1n) is 15.4. The molecule has 0 amide bonds. The predicted molar refractivity (Wildman–Crippen MR) is 177 cm³/mol. The van der Waals surface area contributed by atoms with E-state index in [1.165, 1.54) is 33.0 Å². The Balaban J connectivity index is 1.78. The van der Waals surface area contributed by atoms with E-state index in [0.717, 1.165) is 51.7 Å². The average Bonchev–Trinajstić information content (AvgIpc) is 2.89. The van der Waals surface area contributed by atoms with Crippen LogP contribution in [0.4, 0.5) is 0 Å². The van der Waals surface area contributed by atoms with E-state index in [4.69, 9.17) is 19.7 Å². The molecule has 0 spiro atoms. The summed E-state index contributed by atoms with van der Waals surface area (Å²) in [5.74, 6) is 3.94. The van der Waals surface area contributed by atoms with Crippen molar-refractivity contribution in [1.82, 2.24) is 15.0 Å². The molecule has 2 aromatic heterocycles. The van der Waals surface area contributed by atoms with E-state index in [2.05, 4.69) is 130 Å². The summed E-state index contributed by atoms with van der Waals surface area (Å²) in [5, 5.41) is 3.46. The van der Waals surface area contributed by atoms with Crippen LogP contribution in [0, 0.1) is 19.3 Å². The lowest BCUT2D eigenvalue weighted by Crippen LogP contribution is -2.34. The van der Waals surface area contributed by atoms with Crippen LogP contribution in [-0.4, -0.2) is 15.0 Å². The highest BCUT2D eigenvalue weighted by molar-refractivity contribution is 6.08. The monoisotopic (exact) mass is 573 g/mol. The smallest absolute Gasteiger partial charge is 0.257 e. The molecule has 3 heterocycles. The third-order valence-corrected chi connectivity index (χ3v) is 8.48. The number of rotatable bonds is 2. The minimum Gasteiger partial charge on any atom is -0.449 e. The van der Waals surface area contributed by atoms with Crippen molar-refractivity contribution >= 4 is 21.7 Å². The number of aromatic nitrogens is 4. The number of hydrogen-bond donors (Lipinski definition) is 0. The van der Waals surface area contributed by atoms with Crippen LogP contribution < -0.4 is 9.30 Å². The first kappa shape index (κ1) is 29.2. The van der Waals surface area contributed by atoms with Gasteiger partial charge >= 0.3 is 0 Å². The van der Waals surface area contributed by atoms with Crippen molar-refractivity contribution in [3.05, 3.63) is 70.8 Å². The Labute approximate surface area is 256 Å². The van der Waals surface area contributed by atoms with E-state index in [9.17, 15) is 0 Å². The second-order valence-electron chi connectivity index (χ2n) is 15.7. The quantitative estimate of drug-likeness (QED) is 0.194. The van der Waals surface area contributed by atoms with Gasteiger partial charge in [0.25, 0.3) is 5.69 Å². The summed E-state index contributed by atoms with van der Waals surface area (Å²) in [7, 11) is 2.15. The van der Waals surface area contributed by atoms with E-state index in [0.29, 0.717) is 5.82 Å². The molecule has 0 saturated carbocycles. The predicted octanol–water partition coefficient (Wildman–Crippen LogP) is 9.24. The Hall–Kier alpha value is -3.86. The van der Waals surface area contributed by atoms with Gasteiger partial charge in [0.2, 0.25) is 11.3 Å². The molecule has 0 radical (unpaired) electrons.